The fourth-order valence-electron chi connectivity index (χ4n) is 2.81. The third-order valence-electron chi connectivity index (χ3n) is 4.00. The largest absolute Gasteiger partial charge is 0.316 e. The molecule has 0 aromatic heterocycles. The summed E-state index contributed by atoms with van der Waals surface area (Å²) in [5, 5.41) is 3.18. The van der Waals surface area contributed by atoms with E-state index in [1.54, 1.807) is 16.4 Å². The Morgan fingerprint density at radius 1 is 1.29 bits per heavy atom. The van der Waals surface area contributed by atoms with Crippen LogP contribution in [0.2, 0.25) is 0 Å². The molecule has 1 N–H and O–H groups in total. The summed E-state index contributed by atoms with van der Waals surface area (Å²) < 4.78 is 27.0. The van der Waals surface area contributed by atoms with E-state index in [1.807, 2.05) is 19.2 Å². The highest BCUT2D eigenvalue weighted by Crippen LogP contribution is 2.21. The Bertz CT molecular complexity index is 552. The van der Waals surface area contributed by atoms with Crippen molar-refractivity contribution in [1.82, 2.24) is 9.62 Å². The Balaban J connectivity index is 2.15. The molecule has 1 aliphatic rings. The zero-order valence-corrected chi connectivity index (χ0v) is 14.0. The number of benzene rings is 1. The minimum Gasteiger partial charge on any atom is -0.316 e. The van der Waals surface area contributed by atoms with Crippen LogP contribution in [-0.4, -0.2) is 38.9 Å². The number of piperidine rings is 1. The fourth-order valence-corrected chi connectivity index (χ4v) is 4.34. The Morgan fingerprint density at radius 3 is 2.52 bits per heavy atom. The summed E-state index contributed by atoms with van der Waals surface area (Å²) in [4.78, 5) is 0.409. The van der Waals surface area contributed by atoms with Gasteiger partial charge in [-0.2, -0.15) is 4.31 Å². The number of hydrogen-bond acceptors (Lipinski definition) is 3. The zero-order valence-electron chi connectivity index (χ0n) is 13.2. The molecule has 1 atom stereocenters. The summed E-state index contributed by atoms with van der Waals surface area (Å²) in [5.41, 5.74) is 1.19. The average molecular weight is 310 g/mol. The Morgan fingerprint density at radius 2 is 1.95 bits per heavy atom. The number of likely N-dealkylation sites (N-methyl/N-ethyl adjacent to an activating group) is 1. The van der Waals surface area contributed by atoms with Gasteiger partial charge in [0.15, 0.2) is 0 Å². The van der Waals surface area contributed by atoms with Crippen molar-refractivity contribution in [3.63, 3.8) is 0 Å². The number of sulfonamides is 1. The molecule has 1 unspecified atom stereocenters. The van der Waals surface area contributed by atoms with E-state index in [9.17, 15) is 8.42 Å². The molecule has 118 valence electrons. The molecule has 1 aliphatic heterocycles. The van der Waals surface area contributed by atoms with Crippen molar-refractivity contribution >= 4 is 10.0 Å². The van der Waals surface area contributed by atoms with Crippen molar-refractivity contribution in [2.75, 3.05) is 20.1 Å². The monoisotopic (exact) mass is 310 g/mol. The third-order valence-corrected chi connectivity index (χ3v) is 5.88. The van der Waals surface area contributed by atoms with Crippen LogP contribution in [0.25, 0.3) is 0 Å². The molecule has 1 aromatic rings. The Hall–Kier alpha value is -0.910. The number of rotatable bonds is 5. The van der Waals surface area contributed by atoms with Gasteiger partial charge in [-0.25, -0.2) is 8.42 Å². The van der Waals surface area contributed by atoms with Crippen LogP contribution < -0.4 is 5.32 Å². The quantitative estimate of drug-likeness (QED) is 0.907. The first kappa shape index (κ1) is 16.5. The van der Waals surface area contributed by atoms with Gasteiger partial charge in [0.05, 0.1) is 4.90 Å². The molecule has 21 heavy (non-hydrogen) atoms. The van der Waals surface area contributed by atoms with Crippen LogP contribution in [0.15, 0.2) is 29.2 Å². The second-order valence-corrected chi connectivity index (χ2v) is 8.17. The summed E-state index contributed by atoms with van der Waals surface area (Å²) >= 11 is 0. The molecule has 1 aromatic carbocycles. The predicted octanol–water partition coefficient (Wildman–Crippen LogP) is 2.26. The van der Waals surface area contributed by atoms with Crippen LogP contribution in [0.5, 0.6) is 0 Å². The lowest BCUT2D eigenvalue weighted by Gasteiger charge is -2.31. The highest BCUT2D eigenvalue weighted by Gasteiger charge is 2.29. The van der Waals surface area contributed by atoms with Gasteiger partial charge < -0.3 is 5.32 Å². The molecule has 1 heterocycles. The van der Waals surface area contributed by atoms with E-state index in [-0.39, 0.29) is 6.04 Å². The van der Waals surface area contributed by atoms with Crippen molar-refractivity contribution in [2.24, 2.45) is 5.92 Å². The molecule has 0 saturated carbocycles. The number of nitrogens with one attached hydrogen (secondary N) is 1. The lowest BCUT2D eigenvalue weighted by Crippen LogP contribution is -2.46. The lowest BCUT2D eigenvalue weighted by atomic mass is 10.0. The minimum atomic E-state index is -3.36. The van der Waals surface area contributed by atoms with E-state index in [4.69, 9.17) is 0 Å². The maximum atomic E-state index is 12.7. The zero-order chi connectivity index (χ0) is 15.5. The van der Waals surface area contributed by atoms with E-state index >= 15 is 0 Å². The average Bonchev–Trinajstić information content (AvgIpc) is 2.47. The van der Waals surface area contributed by atoms with Gasteiger partial charge in [-0.1, -0.05) is 26.0 Å². The van der Waals surface area contributed by atoms with Crippen molar-refractivity contribution in [2.45, 2.75) is 44.0 Å². The summed E-state index contributed by atoms with van der Waals surface area (Å²) in [5.74, 6) is 0.575. The van der Waals surface area contributed by atoms with E-state index < -0.39 is 10.0 Å². The maximum Gasteiger partial charge on any atom is 0.243 e. The second-order valence-electron chi connectivity index (χ2n) is 6.23. The first-order valence-corrected chi connectivity index (χ1v) is 9.14. The van der Waals surface area contributed by atoms with E-state index in [0.29, 0.717) is 23.9 Å². The maximum absolute atomic E-state index is 12.7. The normalized spacial score (nSPS) is 20.9. The fraction of sp³-hybridized carbons (Fsp3) is 0.625. The van der Waals surface area contributed by atoms with Gasteiger partial charge in [0, 0.05) is 19.1 Å². The first-order chi connectivity index (χ1) is 9.93. The smallest absolute Gasteiger partial charge is 0.243 e. The molecule has 4 nitrogen and oxygen atoms in total. The van der Waals surface area contributed by atoms with Crippen LogP contribution in [0.4, 0.5) is 0 Å². The molecule has 0 amide bonds. The standard InChI is InChI=1S/C16H26N2O2S/c1-13(2)11-14-6-8-16(9-7-14)21(19,20)18-10-4-5-15(12-18)17-3/h6-9,13,15,17H,4-5,10-12H2,1-3H3. The Labute approximate surface area is 128 Å². The van der Waals surface area contributed by atoms with Crippen molar-refractivity contribution in [3.05, 3.63) is 29.8 Å². The van der Waals surface area contributed by atoms with Gasteiger partial charge in [-0.15, -0.1) is 0 Å². The SMILES string of the molecule is CNC1CCCN(S(=O)(=O)c2ccc(CC(C)C)cc2)C1. The lowest BCUT2D eigenvalue weighted by molar-refractivity contribution is 0.293. The molecule has 1 fully saturated rings. The third kappa shape index (κ3) is 4.05. The van der Waals surface area contributed by atoms with E-state index in [2.05, 4.69) is 19.2 Å². The summed E-state index contributed by atoms with van der Waals surface area (Å²) in [6, 6.07) is 7.62. The molecule has 5 heteroatoms. The first-order valence-electron chi connectivity index (χ1n) is 7.70. The van der Waals surface area contributed by atoms with Gasteiger partial charge in [-0.05, 0) is 49.9 Å². The molecular formula is C16H26N2O2S. The molecule has 0 aliphatic carbocycles. The summed E-state index contributed by atoms with van der Waals surface area (Å²) in [6.07, 6.45) is 2.93. The van der Waals surface area contributed by atoms with Gasteiger partial charge in [0.2, 0.25) is 10.0 Å². The van der Waals surface area contributed by atoms with Crippen LogP contribution >= 0.6 is 0 Å². The van der Waals surface area contributed by atoms with Crippen LogP contribution in [0.1, 0.15) is 32.3 Å². The molecule has 0 bridgehead atoms. The summed E-state index contributed by atoms with van der Waals surface area (Å²) in [6.45, 7) is 5.51. The van der Waals surface area contributed by atoms with Crippen molar-refractivity contribution < 1.29 is 8.42 Å². The van der Waals surface area contributed by atoms with Crippen LogP contribution in [-0.2, 0) is 16.4 Å². The second kappa shape index (κ2) is 6.90. The topological polar surface area (TPSA) is 49.4 Å². The molecule has 0 spiro atoms. The highest BCUT2D eigenvalue weighted by atomic mass is 32.2. The molecule has 0 radical (unpaired) electrons. The Kier molecular flexibility index (Phi) is 5.41. The highest BCUT2D eigenvalue weighted by molar-refractivity contribution is 7.89. The van der Waals surface area contributed by atoms with Gasteiger partial charge in [-0.3, -0.25) is 0 Å². The van der Waals surface area contributed by atoms with Crippen LogP contribution in [0.3, 0.4) is 0 Å². The number of nitrogens with zero attached hydrogens (tertiary/aromatic N) is 1. The van der Waals surface area contributed by atoms with E-state index in [0.717, 1.165) is 19.3 Å². The molecule has 1 saturated heterocycles. The van der Waals surface area contributed by atoms with Gasteiger partial charge >= 0.3 is 0 Å². The predicted molar refractivity (Wildman–Crippen MR) is 85.8 cm³/mol. The van der Waals surface area contributed by atoms with Crippen molar-refractivity contribution in [1.29, 1.82) is 0 Å². The molecule has 2 rings (SSSR count). The van der Waals surface area contributed by atoms with Gasteiger partial charge in [0.1, 0.15) is 0 Å². The summed E-state index contributed by atoms with van der Waals surface area (Å²) in [7, 11) is -1.47. The minimum absolute atomic E-state index is 0.258. The van der Waals surface area contributed by atoms with Crippen LogP contribution in [0, 0.1) is 5.92 Å². The number of hydrogen-bond donors (Lipinski definition) is 1. The van der Waals surface area contributed by atoms with E-state index in [1.165, 1.54) is 5.56 Å². The van der Waals surface area contributed by atoms with Gasteiger partial charge in [0.25, 0.3) is 0 Å². The van der Waals surface area contributed by atoms with Crippen molar-refractivity contribution in [3.8, 4) is 0 Å². The molecular weight excluding hydrogens is 284 g/mol.